The van der Waals surface area contributed by atoms with Crippen LogP contribution in [0.2, 0.25) is 0 Å². The third-order valence-corrected chi connectivity index (χ3v) is 5.64. The van der Waals surface area contributed by atoms with Gasteiger partial charge >= 0.3 is 0 Å². The van der Waals surface area contributed by atoms with Crippen molar-refractivity contribution >= 4 is 0 Å². The highest BCUT2D eigenvalue weighted by Crippen LogP contribution is 2.39. The van der Waals surface area contributed by atoms with Crippen molar-refractivity contribution in [3.8, 4) is 5.69 Å². The van der Waals surface area contributed by atoms with E-state index in [1.807, 2.05) is 10.7 Å². The molecule has 2 aromatic rings. The van der Waals surface area contributed by atoms with Gasteiger partial charge in [-0.1, -0.05) is 24.6 Å². The number of rotatable bonds is 3. The van der Waals surface area contributed by atoms with Crippen LogP contribution in [0.5, 0.6) is 0 Å². The van der Waals surface area contributed by atoms with Gasteiger partial charge in [0.1, 0.15) is 0 Å². The first kappa shape index (κ1) is 14.6. The minimum absolute atomic E-state index is 0.223. The summed E-state index contributed by atoms with van der Waals surface area (Å²) in [6.07, 6.45) is 4.81. The predicted octanol–water partition coefficient (Wildman–Crippen LogP) is 2.09. The van der Waals surface area contributed by atoms with Gasteiger partial charge in [-0.3, -0.25) is 5.43 Å². The summed E-state index contributed by atoms with van der Waals surface area (Å²) in [4.78, 5) is 4.98. The predicted molar refractivity (Wildman–Crippen MR) is 89.7 cm³/mol. The highest BCUT2D eigenvalue weighted by Gasteiger charge is 2.42. The number of benzene rings is 1. The first-order chi connectivity index (χ1) is 11.9. The van der Waals surface area contributed by atoms with Crippen molar-refractivity contribution < 1.29 is 4.74 Å². The van der Waals surface area contributed by atoms with Crippen LogP contribution in [0.25, 0.3) is 5.69 Å². The largest absolute Gasteiger partial charge is 0.381 e. The number of ether oxygens (including phenoxy) is 1. The van der Waals surface area contributed by atoms with Gasteiger partial charge in [-0.25, -0.2) is 15.1 Å². The first-order valence-corrected chi connectivity index (χ1v) is 9.01. The Morgan fingerprint density at radius 3 is 2.83 bits per heavy atom. The molecular formula is C18H23N5O. The Hall–Kier alpha value is -1.76. The average molecular weight is 325 g/mol. The summed E-state index contributed by atoms with van der Waals surface area (Å²) < 4.78 is 7.58. The van der Waals surface area contributed by atoms with Gasteiger partial charge in [0.15, 0.2) is 11.6 Å². The maximum absolute atomic E-state index is 5.54. The summed E-state index contributed by atoms with van der Waals surface area (Å²) in [6.45, 7) is 1.55. The SMILES string of the molecule is c1ccc(-n2nc(C3CCOC3)nc2C2NNC3CCCC32)cc1. The summed E-state index contributed by atoms with van der Waals surface area (Å²) in [6, 6.07) is 11.1. The first-order valence-electron chi connectivity index (χ1n) is 9.01. The molecule has 5 rings (SSSR count). The third kappa shape index (κ3) is 2.37. The van der Waals surface area contributed by atoms with Gasteiger partial charge in [0.05, 0.1) is 18.3 Å². The van der Waals surface area contributed by atoms with Crippen LogP contribution in [0.3, 0.4) is 0 Å². The van der Waals surface area contributed by atoms with Crippen LogP contribution in [0, 0.1) is 5.92 Å². The highest BCUT2D eigenvalue weighted by atomic mass is 16.5. The number of hydrazine groups is 1. The number of aromatic nitrogens is 3. The second kappa shape index (κ2) is 5.95. The summed E-state index contributed by atoms with van der Waals surface area (Å²) in [5.41, 5.74) is 8.03. The van der Waals surface area contributed by atoms with Crippen LogP contribution in [-0.4, -0.2) is 34.0 Å². The lowest BCUT2D eigenvalue weighted by Crippen LogP contribution is -2.31. The van der Waals surface area contributed by atoms with Crippen molar-refractivity contribution in [1.29, 1.82) is 0 Å². The van der Waals surface area contributed by atoms with E-state index in [4.69, 9.17) is 14.8 Å². The quantitative estimate of drug-likeness (QED) is 0.905. The van der Waals surface area contributed by atoms with Crippen LogP contribution in [0.4, 0.5) is 0 Å². The molecule has 126 valence electrons. The van der Waals surface area contributed by atoms with E-state index in [-0.39, 0.29) is 6.04 Å². The van der Waals surface area contributed by atoms with Crippen LogP contribution >= 0.6 is 0 Å². The van der Waals surface area contributed by atoms with Crippen LogP contribution in [0.15, 0.2) is 30.3 Å². The molecule has 1 aliphatic carbocycles. The number of fused-ring (bicyclic) bond motifs is 1. The smallest absolute Gasteiger partial charge is 0.156 e. The van der Waals surface area contributed by atoms with Crippen molar-refractivity contribution in [2.75, 3.05) is 13.2 Å². The van der Waals surface area contributed by atoms with E-state index in [1.165, 1.54) is 19.3 Å². The van der Waals surface area contributed by atoms with Crippen molar-refractivity contribution in [2.45, 2.75) is 43.7 Å². The molecule has 1 aromatic carbocycles. The van der Waals surface area contributed by atoms with E-state index in [0.717, 1.165) is 37.0 Å². The molecule has 24 heavy (non-hydrogen) atoms. The molecule has 2 N–H and O–H groups in total. The Morgan fingerprint density at radius 2 is 2.00 bits per heavy atom. The summed E-state index contributed by atoms with van der Waals surface area (Å²) >= 11 is 0. The van der Waals surface area contributed by atoms with Crippen molar-refractivity contribution in [3.05, 3.63) is 42.0 Å². The molecule has 6 heteroatoms. The lowest BCUT2D eigenvalue weighted by molar-refractivity contribution is 0.193. The molecule has 3 fully saturated rings. The molecule has 0 spiro atoms. The molecule has 4 atom stereocenters. The van der Waals surface area contributed by atoms with E-state index >= 15 is 0 Å². The zero-order chi connectivity index (χ0) is 15.9. The minimum atomic E-state index is 0.223. The van der Waals surface area contributed by atoms with Gasteiger partial charge in [-0.05, 0) is 37.3 Å². The minimum Gasteiger partial charge on any atom is -0.381 e. The van der Waals surface area contributed by atoms with Crippen LogP contribution in [0.1, 0.15) is 49.3 Å². The molecule has 1 saturated carbocycles. The van der Waals surface area contributed by atoms with Gasteiger partial charge in [0, 0.05) is 18.6 Å². The zero-order valence-electron chi connectivity index (χ0n) is 13.7. The summed E-state index contributed by atoms with van der Waals surface area (Å²) in [5.74, 6) is 2.88. The third-order valence-electron chi connectivity index (χ3n) is 5.64. The number of nitrogens with one attached hydrogen (secondary N) is 2. The molecule has 2 saturated heterocycles. The lowest BCUT2D eigenvalue weighted by atomic mass is 9.96. The molecule has 3 heterocycles. The van der Waals surface area contributed by atoms with Gasteiger partial charge in [0.2, 0.25) is 0 Å². The number of hydrogen-bond acceptors (Lipinski definition) is 5. The molecule has 0 radical (unpaired) electrons. The van der Waals surface area contributed by atoms with Gasteiger partial charge in [-0.15, -0.1) is 0 Å². The average Bonchev–Trinajstić information content (AvgIpc) is 3.37. The van der Waals surface area contributed by atoms with Crippen LogP contribution < -0.4 is 10.9 Å². The summed E-state index contributed by atoms with van der Waals surface area (Å²) in [7, 11) is 0. The Labute approximate surface area is 141 Å². The molecule has 0 amide bonds. The second-order valence-electron chi connectivity index (χ2n) is 7.10. The highest BCUT2D eigenvalue weighted by molar-refractivity contribution is 5.32. The Bertz CT molecular complexity index is 709. The number of para-hydroxylation sites is 1. The molecule has 2 aliphatic heterocycles. The molecule has 3 aliphatic rings. The fraction of sp³-hybridized carbons (Fsp3) is 0.556. The van der Waals surface area contributed by atoms with E-state index in [9.17, 15) is 0 Å². The van der Waals surface area contributed by atoms with E-state index in [1.54, 1.807) is 0 Å². The lowest BCUT2D eigenvalue weighted by Gasteiger charge is -2.17. The fourth-order valence-corrected chi connectivity index (χ4v) is 4.34. The summed E-state index contributed by atoms with van der Waals surface area (Å²) in [5, 5.41) is 4.88. The molecular weight excluding hydrogens is 302 g/mol. The number of nitrogens with zero attached hydrogens (tertiary/aromatic N) is 3. The zero-order valence-corrected chi connectivity index (χ0v) is 13.7. The molecule has 1 aromatic heterocycles. The maximum Gasteiger partial charge on any atom is 0.156 e. The normalized spacial score (nSPS) is 32.3. The topological polar surface area (TPSA) is 64.0 Å². The van der Waals surface area contributed by atoms with Crippen molar-refractivity contribution in [3.63, 3.8) is 0 Å². The Kier molecular flexibility index (Phi) is 3.61. The van der Waals surface area contributed by atoms with Crippen molar-refractivity contribution in [1.82, 2.24) is 25.6 Å². The Balaban J connectivity index is 1.56. The van der Waals surface area contributed by atoms with Gasteiger partial charge in [0.25, 0.3) is 0 Å². The van der Waals surface area contributed by atoms with Crippen LogP contribution in [-0.2, 0) is 4.74 Å². The Morgan fingerprint density at radius 1 is 1.08 bits per heavy atom. The van der Waals surface area contributed by atoms with E-state index < -0.39 is 0 Å². The second-order valence-corrected chi connectivity index (χ2v) is 7.10. The van der Waals surface area contributed by atoms with Gasteiger partial charge < -0.3 is 4.74 Å². The maximum atomic E-state index is 5.54. The fourth-order valence-electron chi connectivity index (χ4n) is 4.34. The van der Waals surface area contributed by atoms with Gasteiger partial charge in [-0.2, -0.15) is 5.10 Å². The van der Waals surface area contributed by atoms with Crippen molar-refractivity contribution in [2.24, 2.45) is 5.92 Å². The monoisotopic (exact) mass is 325 g/mol. The number of hydrogen-bond donors (Lipinski definition) is 2. The molecule has 4 unspecified atom stereocenters. The van der Waals surface area contributed by atoms with E-state index in [2.05, 4.69) is 35.1 Å². The standard InChI is InChI=1S/C18H23N5O/c1-2-5-13(6-3-1)23-18(16-14-7-4-8-15(14)20-21-16)19-17(22-23)12-9-10-24-11-12/h1-3,5-6,12,14-16,20-21H,4,7-11H2. The van der Waals surface area contributed by atoms with E-state index in [0.29, 0.717) is 17.9 Å². The molecule has 6 nitrogen and oxygen atoms in total. The molecule has 0 bridgehead atoms.